The summed E-state index contributed by atoms with van der Waals surface area (Å²) < 4.78 is 5.27. The van der Waals surface area contributed by atoms with E-state index in [-0.39, 0.29) is 12.8 Å². The van der Waals surface area contributed by atoms with Gasteiger partial charge in [0, 0.05) is 12.1 Å². The number of rotatable bonds is 7. The summed E-state index contributed by atoms with van der Waals surface area (Å²) in [5.74, 6) is -1.38. The second-order valence-corrected chi connectivity index (χ2v) is 7.65. The highest BCUT2D eigenvalue weighted by atomic mass is 16.6. The van der Waals surface area contributed by atoms with Crippen molar-refractivity contribution in [2.45, 2.75) is 45.3 Å². The summed E-state index contributed by atoms with van der Waals surface area (Å²) >= 11 is 0. The first kappa shape index (κ1) is 21.9. The largest absolute Gasteiger partial charge is 0.481 e. The van der Waals surface area contributed by atoms with Gasteiger partial charge in [-0.2, -0.15) is 0 Å². The molecule has 29 heavy (non-hydrogen) atoms. The highest BCUT2D eigenvalue weighted by molar-refractivity contribution is 5.96. The number of aliphatic carboxylic acids is 1. The smallest absolute Gasteiger partial charge is 0.408 e. The summed E-state index contributed by atoms with van der Waals surface area (Å²) in [5, 5.41) is 14.3. The predicted molar refractivity (Wildman–Crippen MR) is 110 cm³/mol. The van der Waals surface area contributed by atoms with Gasteiger partial charge in [0.15, 0.2) is 0 Å². The second-order valence-electron chi connectivity index (χ2n) is 7.65. The summed E-state index contributed by atoms with van der Waals surface area (Å²) in [4.78, 5) is 36.0. The predicted octanol–water partition coefficient (Wildman–Crippen LogP) is 3.39. The van der Waals surface area contributed by atoms with Gasteiger partial charge in [0.05, 0.1) is 6.42 Å². The number of ether oxygens (including phenoxy) is 1. The molecule has 2 amide bonds. The molecular weight excluding hydrogens is 372 g/mol. The van der Waals surface area contributed by atoms with E-state index in [0.717, 1.165) is 5.56 Å². The molecule has 7 nitrogen and oxygen atoms in total. The zero-order valence-electron chi connectivity index (χ0n) is 16.8. The molecule has 7 heteroatoms. The molecule has 0 saturated carbocycles. The molecule has 1 unspecified atom stereocenters. The number of carboxylic acids is 1. The molecule has 0 aromatic heterocycles. The average Bonchev–Trinajstić information content (AvgIpc) is 2.60. The fourth-order valence-corrected chi connectivity index (χ4v) is 2.67. The van der Waals surface area contributed by atoms with Crippen LogP contribution in [0, 0.1) is 0 Å². The van der Waals surface area contributed by atoms with Crippen LogP contribution in [0.5, 0.6) is 0 Å². The van der Waals surface area contributed by atoms with E-state index < -0.39 is 29.6 Å². The van der Waals surface area contributed by atoms with Crippen LogP contribution in [-0.2, 0) is 27.2 Å². The Hall–Kier alpha value is -3.35. The Morgan fingerprint density at radius 1 is 1.00 bits per heavy atom. The van der Waals surface area contributed by atoms with Crippen LogP contribution in [0.25, 0.3) is 0 Å². The van der Waals surface area contributed by atoms with Crippen molar-refractivity contribution in [3.05, 3.63) is 65.7 Å². The fraction of sp³-hybridized carbons (Fsp3) is 0.318. The van der Waals surface area contributed by atoms with Crippen molar-refractivity contribution in [2.75, 3.05) is 5.32 Å². The molecular formula is C22H26N2O5. The Morgan fingerprint density at radius 2 is 1.66 bits per heavy atom. The monoisotopic (exact) mass is 398 g/mol. The average molecular weight is 398 g/mol. The molecule has 0 spiro atoms. The molecule has 2 aromatic rings. The first-order chi connectivity index (χ1) is 13.6. The third kappa shape index (κ3) is 8.04. The highest BCUT2D eigenvalue weighted by Crippen LogP contribution is 2.14. The van der Waals surface area contributed by atoms with E-state index in [1.807, 2.05) is 30.3 Å². The number of carbonyl (C=O) groups excluding carboxylic acids is 2. The van der Waals surface area contributed by atoms with Crippen molar-refractivity contribution in [1.29, 1.82) is 0 Å². The number of hydrogen-bond donors (Lipinski definition) is 3. The van der Waals surface area contributed by atoms with Crippen molar-refractivity contribution < 1.29 is 24.2 Å². The molecule has 0 aliphatic carbocycles. The van der Waals surface area contributed by atoms with Gasteiger partial charge in [-0.1, -0.05) is 42.5 Å². The van der Waals surface area contributed by atoms with Crippen LogP contribution in [0.3, 0.4) is 0 Å². The van der Waals surface area contributed by atoms with Crippen molar-refractivity contribution in [3.63, 3.8) is 0 Å². The van der Waals surface area contributed by atoms with Gasteiger partial charge in [-0.05, 0) is 44.0 Å². The summed E-state index contributed by atoms with van der Waals surface area (Å²) in [6.45, 7) is 5.23. The Labute approximate surface area is 170 Å². The minimum atomic E-state index is -0.956. The lowest BCUT2D eigenvalue weighted by molar-refractivity contribution is -0.136. The van der Waals surface area contributed by atoms with Crippen LogP contribution in [0.2, 0.25) is 0 Å². The number of carboxylic acid groups (broad SMARTS) is 1. The van der Waals surface area contributed by atoms with E-state index >= 15 is 0 Å². The number of anilines is 1. The van der Waals surface area contributed by atoms with Crippen molar-refractivity contribution in [3.8, 4) is 0 Å². The van der Waals surface area contributed by atoms with E-state index in [1.54, 1.807) is 45.0 Å². The maximum absolute atomic E-state index is 12.9. The van der Waals surface area contributed by atoms with Crippen LogP contribution in [0.1, 0.15) is 31.9 Å². The van der Waals surface area contributed by atoms with Crippen LogP contribution < -0.4 is 10.6 Å². The highest BCUT2D eigenvalue weighted by Gasteiger charge is 2.25. The van der Waals surface area contributed by atoms with Gasteiger partial charge in [-0.3, -0.25) is 9.59 Å². The number of amides is 2. The van der Waals surface area contributed by atoms with E-state index in [0.29, 0.717) is 11.3 Å². The molecule has 0 aliphatic rings. The summed E-state index contributed by atoms with van der Waals surface area (Å²) in [5.41, 5.74) is 1.21. The minimum absolute atomic E-state index is 0.146. The molecule has 0 fully saturated rings. The van der Waals surface area contributed by atoms with Crippen molar-refractivity contribution in [1.82, 2.24) is 5.32 Å². The van der Waals surface area contributed by atoms with Gasteiger partial charge in [0.25, 0.3) is 0 Å². The minimum Gasteiger partial charge on any atom is -0.481 e. The lowest BCUT2D eigenvalue weighted by Crippen LogP contribution is -2.47. The van der Waals surface area contributed by atoms with Crippen LogP contribution in [-0.4, -0.2) is 34.7 Å². The van der Waals surface area contributed by atoms with Crippen molar-refractivity contribution >= 4 is 23.7 Å². The summed E-state index contributed by atoms with van der Waals surface area (Å²) in [6.07, 6.45) is -0.554. The first-order valence-corrected chi connectivity index (χ1v) is 9.27. The molecule has 1 atom stereocenters. The molecule has 0 aliphatic heterocycles. The Kier molecular flexibility index (Phi) is 7.36. The zero-order valence-corrected chi connectivity index (χ0v) is 16.8. The van der Waals surface area contributed by atoms with E-state index in [2.05, 4.69) is 10.6 Å². The van der Waals surface area contributed by atoms with Gasteiger partial charge < -0.3 is 20.5 Å². The molecule has 3 N–H and O–H groups in total. The number of carbonyl (C=O) groups is 3. The molecule has 154 valence electrons. The topological polar surface area (TPSA) is 105 Å². The third-order valence-electron chi connectivity index (χ3n) is 3.84. The Morgan fingerprint density at radius 3 is 2.28 bits per heavy atom. The maximum atomic E-state index is 12.9. The van der Waals surface area contributed by atoms with Gasteiger partial charge in [0.2, 0.25) is 5.91 Å². The summed E-state index contributed by atoms with van der Waals surface area (Å²) in [7, 11) is 0. The second kappa shape index (κ2) is 9.73. The van der Waals surface area contributed by atoms with Crippen LogP contribution >= 0.6 is 0 Å². The lowest BCUT2D eigenvalue weighted by atomic mass is 10.0. The van der Waals surface area contributed by atoms with Crippen LogP contribution in [0.15, 0.2) is 54.6 Å². The van der Waals surface area contributed by atoms with Crippen LogP contribution in [0.4, 0.5) is 10.5 Å². The number of hydrogen-bond acceptors (Lipinski definition) is 4. The molecule has 0 saturated heterocycles. The van der Waals surface area contributed by atoms with E-state index in [4.69, 9.17) is 9.84 Å². The van der Waals surface area contributed by atoms with Gasteiger partial charge in [-0.15, -0.1) is 0 Å². The van der Waals surface area contributed by atoms with E-state index in [1.165, 1.54) is 0 Å². The van der Waals surface area contributed by atoms with Gasteiger partial charge in [-0.25, -0.2) is 4.79 Å². The lowest BCUT2D eigenvalue weighted by Gasteiger charge is -2.23. The van der Waals surface area contributed by atoms with Gasteiger partial charge >= 0.3 is 12.1 Å². The molecule has 0 bridgehead atoms. The fourth-order valence-electron chi connectivity index (χ4n) is 2.67. The standard InChI is InChI=1S/C22H26N2O5/c1-22(2,3)29-21(28)24-18(13-15-8-5-4-6-9-15)20(27)23-17-11-7-10-16(12-17)14-19(25)26/h4-12,18H,13-14H2,1-3H3,(H,23,27)(H,24,28)(H,25,26). The Bertz CT molecular complexity index is 859. The third-order valence-corrected chi connectivity index (χ3v) is 3.84. The number of nitrogens with one attached hydrogen (secondary N) is 2. The quantitative estimate of drug-likeness (QED) is 0.663. The zero-order chi connectivity index (χ0) is 21.4. The SMILES string of the molecule is CC(C)(C)OC(=O)NC(Cc1ccccc1)C(=O)Nc1cccc(CC(=O)O)c1. The molecule has 2 aromatic carbocycles. The number of benzene rings is 2. The summed E-state index contributed by atoms with van der Waals surface area (Å²) in [6, 6.07) is 15.0. The molecule has 0 radical (unpaired) electrons. The van der Waals surface area contributed by atoms with E-state index in [9.17, 15) is 14.4 Å². The Balaban J connectivity index is 2.15. The normalized spacial score (nSPS) is 12.0. The molecule has 2 rings (SSSR count). The number of alkyl carbamates (subject to hydrolysis) is 1. The first-order valence-electron chi connectivity index (χ1n) is 9.27. The van der Waals surface area contributed by atoms with Gasteiger partial charge in [0.1, 0.15) is 11.6 Å². The molecule has 0 heterocycles. The maximum Gasteiger partial charge on any atom is 0.408 e. The van der Waals surface area contributed by atoms with Crippen molar-refractivity contribution in [2.24, 2.45) is 0 Å².